The van der Waals surface area contributed by atoms with Crippen molar-refractivity contribution in [2.45, 2.75) is 57.7 Å². The predicted octanol–water partition coefficient (Wildman–Crippen LogP) is 6.23. The molecule has 12 heteroatoms. The highest BCUT2D eigenvalue weighted by Gasteiger charge is 2.48. The van der Waals surface area contributed by atoms with Gasteiger partial charge in [0, 0.05) is 49.4 Å². The number of alkyl halides is 3. The molecule has 0 N–H and O–H groups in total. The van der Waals surface area contributed by atoms with E-state index in [1.165, 1.54) is 0 Å². The third-order valence-corrected chi connectivity index (χ3v) is 8.91. The van der Waals surface area contributed by atoms with E-state index in [4.69, 9.17) is 19.4 Å². The molecule has 41 heavy (non-hydrogen) atoms. The third kappa shape index (κ3) is 6.43. The van der Waals surface area contributed by atoms with Crippen molar-refractivity contribution < 1.29 is 27.4 Å². The zero-order valence-electron chi connectivity index (χ0n) is 24.0. The molecule has 3 aliphatic rings. The molecule has 1 aromatic carbocycles. The summed E-state index contributed by atoms with van der Waals surface area (Å²) in [5.74, 6) is 1.44. The van der Waals surface area contributed by atoms with Crippen LogP contribution in [0.5, 0.6) is 5.75 Å². The number of anilines is 1. The summed E-state index contributed by atoms with van der Waals surface area (Å²) < 4.78 is 51.0. The van der Waals surface area contributed by atoms with Crippen molar-refractivity contribution in [1.82, 2.24) is 19.8 Å². The molecule has 0 saturated carbocycles. The van der Waals surface area contributed by atoms with Crippen LogP contribution in [-0.2, 0) is 4.74 Å². The topological polar surface area (TPSA) is 71.0 Å². The molecule has 2 aromatic rings. The summed E-state index contributed by atoms with van der Waals surface area (Å²) in [7, 11) is 2.04. The Hall–Kier alpha value is -2.60. The van der Waals surface area contributed by atoms with Crippen LogP contribution in [0.4, 0.5) is 23.8 Å². The van der Waals surface area contributed by atoms with Crippen molar-refractivity contribution in [2.24, 2.45) is 5.41 Å². The summed E-state index contributed by atoms with van der Waals surface area (Å²) in [5.41, 5.74) is 0.462. The Labute approximate surface area is 247 Å². The van der Waals surface area contributed by atoms with Crippen molar-refractivity contribution in [1.29, 1.82) is 0 Å². The average Bonchev–Trinajstić information content (AvgIpc) is 3.30. The fourth-order valence-electron chi connectivity index (χ4n) is 5.97. The summed E-state index contributed by atoms with van der Waals surface area (Å²) in [6, 6.07) is 1.87. The number of rotatable bonds is 5. The largest absolute Gasteiger partial charge is 0.481 e. The number of likely N-dealkylation sites (N-methyl/N-ethyl adjacent to an activating group) is 1. The Morgan fingerprint density at radius 2 is 1.88 bits per heavy atom. The quantitative estimate of drug-likeness (QED) is 0.384. The number of likely N-dealkylation sites (tertiary alicyclic amines) is 2. The number of fused-ring (bicyclic) bond motifs is 1. The molecule has 0 radical (unpaired) electrons. The van der Waals surface area contributed by atoms with Crippen LogP contribution in [0.1, 0.15) is 57.3 Å². The van der Waals surface area contributed by atoms with Gasteiger partial charge in [0.2, 0.25) is 0 Å². The number of halogens is 4. The van der Waals surface area contributed by atoms with E-state index in [0.717, 1.165) is 32.4 Å². The lowest BCUT2D eigenvalue weighted by Crippen LogP contribution is -2.62. The molecule has 1 spiro atoms. The fourth-order valence-corrected chi connectivity index (χ4v) is 6.54. The van der Waals surface area contributed by atoms with Gasteiger partial charge in [-0.3, -0.25) is 0 Å². The highest BCUT2D eigenvalue weighted by Crippen LogP contribution is 2.45. The smallest absolute Gasteiger partial charge is 0.422 e. The molecule has 3 fully saturated rings. The monoisotopic (exact) mass is 639 g/mol. The van der Waals surface area contributed by atoms with Crippen molar-refractivity contribution in [3.8, 4) is 5.75 Å². The van der Waals surface area contributed by atoms with Gasteiger partial charge in [0.15, 0.2) is 12.4 Å². The molecule has 8 nitrogen and oxygen atoms in total. The third-order valence-electron chi connectivity index (χ3n) is 8.09. The molecular weight excluding hydrogens is 603 g/mol. The molecule has 4 heterocycles. The van der Waals surface area contributed by atoms with E-state index in [1.54, 1.807) is 11.0 Å². The Bertz CT molecular complexity index is 1330. The first-order chi connectivity index (χ1) is 19.2. The highest BCUT2D eigenvalue weighted by atomic mass is 79.9. The molecule has 1 atom stereocenters. The minimum absolute atomic E-state index is 0.0313. The van der Waals surface area contributed by atoms with Gasteiger partial charge in [0.05, 0.1) is 4.47 Å². The van der Waals surface area contributed by atoms with Crippen LogP contribution in [0, 0.1) is 5.41 Å². The molecule has 1 aromatic heterocycles. The zero-order valence-corrected chi connectivity index (χ0v) is 25.6. The van der Waals surface area contributed by atoms with Gasteiger partial charge >= 0.3 is 12.3 Å². The van der Waals surface area contributed by atoms with Gasteiger partial charge in [-0.05, 0) is 81.2 Å². The van der Waals surface area contributed by atoms with Crippen molar-refractivity contribution in [3.63, 3.8) is 0 Å². The van der Waals surface area contributed by atoms with Crippen molar-refractivity contribution in [2.75, 3.05) is 57.8 Å². The lowest BCUT2D eigenvalue weighted by atomic mass is 9.72. The Balaban J connectivity index is 1.46. The first kappa shape index (κ1) is 29.9. The van der Waals surface area contributed by atoms with Gasteiger partial charge in [0.1, 0.15) is 22.8 Å². The summed E-state index contributed by atoms with van der Waals surface area (Å²) in [6.07, 6.45) is -0.607. The van der Waals surface area contributed by atoms with Crippen LogP contribution in [0.15, 0.2) is 17.1 Å². The van der Waals surface area contributed by atoms with Gasteiger partial charge in [-0.1, -0.05) is 12.7 Å². The number of ether oxygens (including phenoxy) is 2. The summed E-state index contributed by atoms with van der Waals surface area (Å²) >= 11 is 3.45. The number of hydrogen-bond acceptors (Lipinski definition) is 7. The number of hydrogen-bond donors (Lipinski definition) is 0. The molecule has 5 rings (SSSR count). The van der Waals surface area contributed by atoms with Crippen molar-refractivity contribution >= 4 is 44.8 Å². The highest BCUT2D eigenvalue weighted by molar-refractivity contribution is 9.10. The minimum atomic E-state index is -4.50. The number of benzene rings is 1. The first-order valence-corrected chi connectivity index (χ1v) is 14.7. The first-order valence-electron chi connectivity index (χ1n) is 13.9. The van der Waals surface area contributed by atoms with E-state index in [-0.39, 0.29) is 23.2 Å². The maximum Gasteiger partial charge on any atom is 0.422 e. The molecule has 1 amide bonds. The van der Waals surface area contributed by atoms with E-state index >= 15 is 0 Å². The Morgan fingerprint density at radius 3 is 2.44 bits per heavy atom. The van der Waals surface area contributed by atoms with Gasteiger partial charge in [-0.2, -0.15) is 13.2 Å². The lowest BCUT2D eigenvalue weighted by molar-refractivity contribution is -0.153. The van der Waals surface area contributed by atoms with E-state index in [0.29, 0.717) is 58.8 Å². The second-order valence-electron chi connectivity index (χ2n) is 12.6. The summed E-state index contributed by atoms with van der Waals surface area (Å²) in [6.45, 7) is 12.4. The normalized spacial score (nSPS) is 21.3. The van der Waals surface area contributed by atoms with Crippen LogP contribution < -0.4 is 9.64 Å². The maximum absolute atomic E-state index is 13.2. The van der Waals surface area contributed by atoms with E-state index in [2.05, 4.69) is 32.3 Å². The number of carbonyl (C=O) groups is 1. The van der Waals surface area contributed by atoms with Crippen LogP contribution in [-0.4, -0.2) is 90.6 Å². The van der Waals surface area contributed by atoms with Gasteiger partial charge < -0.3 is 24.2 Å². The van der Waals surface area contributed by atoms with E-state index in [1.807, 2.05) is 33.9 Å². The Morgan fingerprint density at radius 1 is 1.20 bits per heavy atom. The predicted molar refractivity (Wildman–Crippen MR) is 155 cm³/mol. The summed E-state index contributed by atoms with van der Waals surface area (Å²) in [5, 5.41) is 0.635. The molecular formula is C29H37BrF3N5O3. The number of amides is 1. The zero-order chi connectivity index (χ0) is 29.7. The van der Waals surface area contributed by atoms with Gasteiger partial charge in [-0.15, -0.1) is 0 Å². The fraction of sp³-hybridized carbons (Fsp3) is 0.621. The summed E-state index contributed by atoms with van der Waals surface area (Å²) in [4.78, 5) is 28.5. The van der Waals surface area contributed by atoms with Crippen LogP contribution in [0.25, 0.3) is 17.0 Å². The molecule has 0 bridgehead atoms. The minimum Gasteiger partial charge on any atom is -0.481 e. The van der Waals surface area contributed by atoms with Crippen molar-refractivity contribution in [3.05, 3.63) is 28.5 Å². The Kier molecular flexibility index (Phi) is 7.95. The number of nitrogens with zero attached hydrogens (tertiary/aromatic N) is 5. The maximum atomic E-state index is 13.2. The number of piperidine rings is 1. The van der Waals surface area contributed by atoms with Gasteiger partial charge in [-0.25, -0.2) is 14.8 Å². The standard InChI is InChI=1S/C29H37BrF3N5O3/c1-6-18-13-20-22(23(21(18)30)40-17-29(31,32)33)34-24(19-7-10-36(5)14-19)35-25(20)37-11-8-28(9-12-37)15-38(16-28)26(39)41-27(2,3)4/h6,13,19H,1,7-12,14-17H2,2-5H3. The molecule has 3 aliphatic heterocycles. The average molecular weight is 641 g/mol. The van der Waals surface area contributed by atoms with E-state index in [9.17, 15) is 18.0 Å². The molecule has 1 unspecified atom stereocenters. The molecule has 0 aliphatic carbocycles. The van der Waals surface area contributed by atoms with Crippen LogP contribution in [0.2, 0.25) is 0 Å². The second-order valence-corrected chi connectivity index (χ2v) is 13.4. The van der Waals surface area contributed by atoms with Crippen LogP contribution >= 0.6 is 15.9 Å². The second kappa shape index (κ2) is 10.9. The molecule has 224 valence electrons. The van der Waals surface area contributed by atoms with E-state index < -0.39 is 18.4 Å². The number of aromatic nitrogens is 2. The van der Waals surface area contributed by atoms with Crippen LogP contribution in [0.3, 0.4) is 0 Å². The SMILES string of the molecule is C=Cc1cc2c(N3CCC4(CC3)CN(C(=O)OC(C)(C)C)C4)nc(C3CCN(C)C3)nc2c(OCC(F)(F)F)c1Br. The van der Waals surface area contributed by atoms with Gasteiger partial charge in [0.25, 0.3) is 0 Å². The lowest BCUT2D eigenvalue weighted by Gasteiger charge is -2.53. The number of carbonyl (C=O) groups excluding carboxylic acids is 1. The molecule has 3 saturated heterocycles.